The highest BCUT2D eigenvalue weighted by Crippen LogP contribution is 2.19. The molecule has 1 aromatic carbocycles. The van der Waals surface area contributed by atoms with Gasteiger partial charge in [-0.1, -0.05) is 23.4 Å². The van der Waals surface area contributed by atoms with Crippen LogP contribution in [-0.4, -0.2) is 42.1 Å². The molecule has 0 saturated carbocycles. The number of para-hydroxylation sites is 1. The third-order valence-electron chi connectivity index (χ3n) is 3.28. The Kier molecular flexibility index (Phi) is 6.33. The van der Waals surface area contributed by atoms with Gasteiger partial charge in [-0.05, 0) is 26.0 Å². The molecule has 7 nitrogen and oxygen atoms in total. The monoisotopic (exact) mass is 343 g/mol. The van der Waals surface area contributed by atoms with Gasteiger partial charge >= 0.3 is 0 Å². The summed E-state index contributed by atoms with van der Waals surface area (Å²) in [6.45, 7) is 4.07. The van der Waals surface area contributed by atoms with E-state index in [1.54, 1.807) is 26.1 Å². The molecule has 1 heterocycles. The molecule has 2 aromatic rings. The van der Waals surface area contributed by atoms with E-state index in [0.717, 1.165) is 5.56 Å². The first-order valence-corrected chi connectivity index (χ1v) is 7.87. The molecule has 2 rings (SSSR count). The van der Waals surface area contributed by atoms with E-state index in [9.17, 15) is 9.59 Å². The van der Waals surface area contributed by atoms with Gasteiger partial charge < -0.3 is 19.5 Å². The second kappa shape index (κ2) is 8.68. The topological polar surface area (TPSA) is 84.7 Å². The standard InChI is InChI=1S/C18H21N3O4/c1-4-24-15-8-6-5-7-14(15)9-10-18(23)21(3)12-17(22)19-16-11-13(2)25-20-16/h5-11H,4,12H2,1-3H3,(H,19,20,22)/b10-9+. The number of aryl methyl sites for hydroxylation is 1. The van der Waals surface area contributed by atoms with Gasteiger partial charge in [0.2, 0.25) is 11.8 Å². The molecule has 0 saturated heterocycles. The SMILES string of the molecule is CCOc1ccccc1/C=C/C(=O)N(C)CC(=O)Nc1cc(C)on1. The Bertz CT molecular complexity index is 767. The van der Waals surface area contributed by atoms with Crippen LogP contribution < -0.4 is 10.1 Å². The van der Waals surface area contributed by atoms with Crippen molar-refractivity contribution in [3.63, 3.8) is 0 Å². The molecular formula is C18H21N3O4. The first-order valence-electron chi connectivity index (χ1n) is 7.87. The lowest BCUT2D eigenvalue weighted by Crippen LogP contribution is -2.33. The van der Waals surface area contributed by atoms with Crippen molar-refractivity contribution in [2.45, 2.75) is 13.8 Å². The van der Waals surface area contributed by atoms with E-state index >= 15 is 0 Å². The molecule has 0 aliphatic heterocycles. The van der Waals surface area contributed by atoms with Crippen LogP contribution in [0.15, 0.2) is 40.9 Å². The Labute approximate surface area is 146 Å². The molecule has 0 aliphatic rings. The van der Waals surface area contributed by atoms with Crippen LogP contribution in [0.25, 0.3) is 6.08 Å². The van der Waals surface area contributed by atoms with Crippen molar-refractivity contribution in [3.05, 3.63) is 47.7 Å². The minimum atomic E-state index is -0.354. The second-order valence-corrected chi connectivity index (χ2v) is 5.37. The summed E-state index contributed by atoms with van der Waals surface area (Å²) in [6.07, 6.45) is 3.08. The highest BCUT2D eigenvalue weighted by atomic mass is 16.5. The Balaban J connectivity index is 1.92. The summed E-state index contributed by atoms with van der Waals surface area (Å²) in [7, 11) is 1.55. The van der Waals surface area contributed by atoms with Crippen LogP contribution >= 0.6 is 0 Å². The second-order valence-electron chi connectivity index (χ2n) is 5.37. The fourth-order valence-electron chi connectivity index (χ4n) is 2.09. The summed E-state index contributed by atoms with van der Waals surface area (Å²) in [5.41, 5.74) is 0.800. The largest absolute Gasteiger partial charge is 0.493 e. The average molecular weight is 343 g/mol. The smallest absolute Gasteiger partial charge is 0.246 e. The number of nitrogens with zero attached hydrogens (tertiary/aromatic N) is 2. The average Bonchev–Trinajstić information content (AvgIpc) is 2.98. The van der Waals surface area contributed by atoms with Gasteiger partial charge in [0.1, 0.15) is 11.5 Å². The van der Waals surface area contributed by atoms with Gasteiger partial charge in [0.25, 0.3) is 0 Å². The van der Waals surface area contributed by atoms with E-state index in [0.29, 0.717) is 23.9 Å². The third kappa shape index (κ3) is 5.49. The lowest BCUT2D eigenvalue weighted by atomic mass is 10.2. The minimum absolute atomic E-state index is 0.0951. The van der Waals surface area contributed by atoms with Crippen LogP contribution in [0, 0.1) is 6.92 Å². The number of likely N-dealkylation sites (N-methyl/N-ethyl adjacent to an activating group) is 1. The molecule has 2 amide bonds. The van der Waals surface area contributed by atoms with Crippen molar-refractivity contribution in [2.24, 2.45) is 0 Å². The maximum absolute atomic E-state index is 12.2. The molecule has 1 N–H and O–H groups in total. The number of aromatic nitrogens is 1. The summed E-state index contributed by atoms with van der Waals surface area (Å²) < 4.78 is 10.4. The van der Waals surface area contributed by atoms with Gasteiger partial charge in [0.05, 0.1) is 13.2 Å². The van der Waals surface area contributed by atoms with Crippen molar-refractivity contribution in [2.75, 3.05) is 25.5 Å². The van der Waals surface area contributed by atoms with Crippen LogP contribution in [0.2, 0.25) is 0 Å². The van der Waals surface area contributed by atoms with Gasteiger partial charge in [-0.15, -0.1) is 0 Å². The van der Waals surface area contributed by atoms with Gasteiger partial charge in [-0.2, -0.15) is 0 Å². The number of nitrogens with one attached hydrogen (secondary N) is 1. The highest BCUT2D eigenvalue weighted by molar-refractivity contribution is 5.97. The molecule has 25 heavy (non-hydrogen) atoms. The van der Waals surface area contributed by atoms with E-state index in [2.05, 4.69) is 10.5 Å². The molecule has 7 heteroatoms. The quantitative estimate of drug-likeness (QED) is 0.781. The Morgan fingerprint density at radius 1 is 1.36 bits per heavy atom. The lowest BCUT2D eigenvalue weighted by molar-refractivity contribution is -0.129. The molecule has 0 unspecified atom stereocenters. The predicted molar refractivity (Wildman–Crippen MR) is 94.2 cm³/mol. The Morgan fingerprint density at radius 2 is 2.12 bits per heavy atom. The summed E-state index contributed by atoms with van der Waals surface area (Å²) in [5, 5.41) is 6.24. The Hall–Kier alpha value is -3.09. The number of carbonyl (C=O) groups excluding carboxylic acids is 2. The van der Waals surface area contributed by atoms with Crippen LogP contribution in [0.5, 0.6) is 5.75 Å². The van der Waals surface area contributed by atoms with Crippen LogP contribution in [0.3, 0.4) is 0 Å². The first kappa shape index (κ1) is 18.3. The van der Waals surface area contributed by atoms with Gasteiger partial charge in [-0.25, -0.2) is 0 Å². The zero-order chi connectivity index (χ0) is 18.2. The third-order valence-corrected chi connectivity index (χ3v) is 3.28. The normalized spacial score (nSPS) is 10.7. The van der Waals surface area contributed by atoms with Crippen LogP contribution in [0.1, 0.15) is 18.2 Å². The molecule has 0 bridgehead atoms. The molecule has 0 spiro atoms. The van der Waals surface area contributed by atoms with Gasteiger partial charge in [0.15, 0.2) is 5.82 Å². The number of amides is 2. The summed E-state index contributed by atoms with van der Waals surface area (Å²) in [6, 6.07) is 9.03. The van der Waals surface area contributed by atoms with Crippen molar-refractivity contribution in [1.82, 2.24) is 10.1 Å². The van der Waals surface area contributed by atoms with Crippen molar-refractivity contribution in [3.8, 4) is 5.75 Å². The van der Waals surface area contributed by atoms with Gasteiger partial charge in [0, 0.05) is 24.8 Å². The molecule has 0 aliphatic carbocycles. The summed E-state index contributed by atoms with van der Waals surface area (Å²) >= 11 is 0. The summed E-state index contributed by atoms with van der Waals surface area (Å²) in [4.78, 5) is 25.4. The Morgan fingerprint density at radius 3 is 2.80 bits per heavy atom. The number of rotatable bonds is 7. The summed E-state index contributed by atoms with van der Waals surface area (Å²) in [5.74, 6) is 0.973. The first-order chi connectivity index (χ1) is 12.0. The van der Waals surface area contributed by atoms with Crippen molar-refractivity contribution in [1.29, 1.82) is 0 Å². The highest BCUT2D eigenvalue weighted by Gasteiger charge is 2.12. The molecular weight excluding hydrogens is 322 g/mol. The maximum Gasteiger partial charge on any atom is 0.246 e. The van der Waals surface area contributed by atoms with Gasteiger partial charge in [-0.3, -0.25) is 9.59 Å². The number of hydrogen-bond donors (Lipinski definition) is 1. The van der Waals surface area contributed by atoms with E-state index in [1.165, 1.54) is 11.0 Å². The molecule has 132 valence electrons. The van der Waals surface area contributed by atoms with Crippen LogP contribution in [0.4, 0.5) is 5.82 Å². The number of benzene rings is 1. The number of hydrogen-bond acceptors (Lipinski definition) is 5. The number of carbonyl (C=O) groups is 2. The number of anilines is 1. The zero-order valence-corrected chi connectivity index (χ0v) is 14.5. The number of ether oxygens (including phenoxy) is 1. The lowest BCUT2D eigenvalue weighted by Gasteiger charge is -2.14. The van der Waals surface area contributed by atoms with Crippen molar-refractivity contribution < 1.29 is 18.8 Å². The predicted octanol–water partition coefficient (Wildman–Crippen LogP) is 2.49. The van der Waals surface area contributed by atoms with E-state index in [4.69, 9.17) is 9.26 Å². The van der Waals surface area contributed by atoms with E-state index in [-0.39, 0.29) is 18.4 Å². The van der Waals surface area contributed by atoms with E-state index < -0.39 is 0 Å². The molecule has 1 aromatic heterocycles. The van der Waals surface area contributed by atoms with E-state index in [1.807, 2.05) is 31.2 Å². The fraction of sp³-hybridized carbons (Fsp3) is 0.278. The fourth-order valence-corrected chi connectivity index (χ4v) is 2.09. The zero-order valence-electron chi connectivity index (χ0n) is 14.5. The minimum Gasteiger partial charge on any atom is -0.493 e. The van der Waals surface area contributed by atoms with Crippen molar-refractivity contribution >= 4 is 23.7 Å². The molecule has 0 radical (unpaired) electrons. The van der Waals surface area contributed by atoms with Crippen LogP contribution in [-0.2, 0) is 9.59 Å². The molecule has 0 atom stereocenters. The maximum atomic E-state index is 12.2. The molecule has 0 fully saturated rings.